The predicted molar refractivity (Wildman–Crippen MR) is 107 cm³/mol. The van der Waals surface area contributed by atoms with Gasteiger partial charge in [0.2, 0.25) is 0 Å². The van der Waals surface area contributed by atoms with Gasteiger partial charge in [0.1, 0.15) is 12.4 Å². The number of nitrogens with zero attached hydrogens (tertiary/aromatic N) is 2. The summed E-state index contributed by atoms with van der Waals surface area (Å²) in [5.41, 5.74) is 2.53. The Hall–Kier alpha value is -1.36. The van der Waals surface area contributed by atoms with Crippen molar-refractivity contribution in [1.29, 1.82) is 0 Å². The number of rotatable bonds is 7. The Morgan fingerprint density at radius 2 is 1.80 bits per heavy atom. The second-order valence-corrected chi connectivity index (χ2v) is 7.63. The molecule has 0 bridgehead atoms. The van der Waals surface area contributed by atoms with Crippen LogP contribution in [0.3, 0.4) is 0 Å². The molecule has 1 aliphatic heterocycles. The summed E-state index contributed by atoms with van der Waals surface area (Å²) in [5, 5.41) is 0. The number of piperazine rings is 1. The topological polar surface area (TPSA) is 15.7 Å². The van der Waals surface area contributed by atoms with E-state index >= 15 is 0 Å². The Morgan fingerprint density at radius 1 is 1.00 bits per heavy atom. The van der Waals surface area contributed by atoms with Crippen molar-refractivity contribution < 1.29 is 4.74 Å². The van der Waals surface area contributed by atoms with Gasteiger partial charge in [-0.3, -0.25) is 0 Å². The van der Waals surface area contributed by atoms with Crippen LogP contribution in [-0.4, -0.2) is 49.6 Å². The number of hydrogen-bond acceptors (Lipinski definition) is 3. The number of likely N-dealkylation sites (N-methyl/N-ethyl adjacent to an activating group) is 1. The lowest BCUT2D eigenvalue weighted by Gasteiger charge is -2.32. The van der Waals surface area contributed by atoms with E-state index in [2.05, 4.69) is 57.0 Å². The van der Waals surface area contributed by atoms with Crippen molar-refractivity contribution in [3.63, 3.8) is 0 Å². The average molecular weight is 403 g/mol. The molecule has 25 heavy (non-hydrogen) atoms. The Balaban J connectivity index is 1.45. The van der Waals surface area contributed by atoms with Gasteiger partial charge in [-0.15, -0.1) is 0 Å². The van der Waals surface area contributed by atoms with Gasteiger partial charge in [-0.1, -0.05) is 46.3 Å². The first-order chi connectivity index (χ1) is 12.2. The van der Waals surface area contributed by atoms with Crippen molar-refractivity contribution in [3.8, 4) is 5.75 Å². The molecule has 2 aromatic carbocycles. The van der Waals surface area contributed by atoms with Crippen molar-refractivity contribution in [2.24, 2.45) is 0 Å². The minimum absolute atomic E-state index is 0.589. The van der Waals surface area contributed by atoms with Gasteiger partial charge in [0.05, 0.1) is 0 Å². The monoisotopic (exact) mass is 402 g/mol. The van der Waals surface area contributed by atoms with Crippen LogP contribution < -0.4 is 4.74 Å². The molecule has 0 amide bonds. The first kappa shape index (κ1) is 18.4. The molecule has 3 nitrogen and oxygen atoms in total. The van der Waals surface area contributed by atoms with Crippen LogP contribution in [0.25, 0.3) is 0 Å². The number of ether oxygens (including phenoxy) is 1. The molecule has 4 heteroatoms. The lowest BCUT2D eigenvalue weighted by atomic mass is 10.1. The van der Waals surface area contributed by atoms with Gasteiger partial charge < -0.3 is 14.5 Å². The number of aryl methyl sites for hydroxylation is 1. The van der Waals surface area contributed by atoms with Crippen molar-refractivity contribution in [2.75, 3.05) is 39.8 Å². The minimum atomic E-state index is 0.589. The molecular weight excluding hydrogens is 376 g/mol. The fourth-order valence-corrected chi connectivity index (χ4v) is 3.54. The summed E-state index contributed by atoms with van der Waals surface area (Å²) in [6.45, 7) is 6.57. The van der Waals surface area contributed by atoms with E-state index in [1.165, 1.54) is 50.3 Å². The molecule has 1 aliphatic rings. The molecule has 1 saturated heterocycles. The van der Waals surface area contributed by atoms with Crippen LogP contribution in [0.15, 0.2) is 53.0 Å². The third-order valence-corrected chi connectivity index (χ3v) is 5.56. The highest BCUT2D eigenvalue weighted by Crippen LogP contribution is 2.20. The molecule has 0 spiro atoms. The first-order valence-corrected chi connectivity index (χ1v) is 9.86. The van der Waals surface area contributed by atoms with Gasteiger partial charge in [-0.2, -0.15) is 0 Å². The summed E-state index contributed by atoms with van der Waals surface area (Å²) in [4.78, 5) is 4.98. The Morgan fingerprint density at radius 3 is 2.60 bits per heavy atom. The summed E-state index contributed by atoms with van der Waals surface area (Å²) < 4.78 is 7.07. The van der Waals surface area contributed by atoms with Crippen LogP contribution in [-0.2, 0) is 13.0 Å². The molecule has 0 radical (unpaired) electrons. The predicted octanol–water partition coefficient (Wildman–Crippen LogP) is 4.21. The number of hydrogen-bond donors (Lipinski definition) is 0. The molecule has 1 fully saturated rings. The van der Waals surface area contributed by atoms with Gasteiger partial charge in [0.25, 0.3) is 0 Å². The van der Waals surface area contributed by atoms with Gasteiger partial charge in [0.15, 0.2) is 0 Å². The summed E-state index contributed by atoms with van der Waals surface area (Å²) >= 11 is 3.57. The summed E-state index contributed by atoms with van der Waals surface area (Å²) in [6.07, 6.45) is 2.32. The lowest BCUT2D eigenvalue weighted by molar-refractivity contribution is 0.153. The maximum absolute atomic E-state index is 5.98. The molecule has 3 rings (SSSR count). The van der Waals surface area contributed by atoms with Crippen LogP contribution in [0.5, 0.6) is 5.75 Å². The molecule has 0 unspecified atom stereocenters. The number of halogens is 1. The highest BCUT2D eigenvalue weighted by Gasteiger charge is 2.12. The SMILES string of the molecule is CN1CCN(CCCc2cccc(OCc3ccccc3Br)c2)CC1. The van der Waals surface area contributed by atoms with Gasteiger partial charge in [-0.25, -0.2) is 0 Å². The van der Waals surface area contributed by atoms with Crippen molar-refractivity contribution in [3.05, 3.63) is 64.1 Å². The Bertz CT molecular complexity index is 668. The zero-order valence-electron chi connectivity index (χ0n) is 15.0. The Labute approximate surface area is 159 Å². The smallest absolute Gasteiger partial charge is 0.120 e. The third-order valence-electron chi connectivity index (χ3n) is 4.79. The van der Waals surface area contributed by atoms with Crippen molar-refractivity contribution >= 4 is 15.9 Å². The van der Waals surface area contributed by atoms with Crippen LogP contribution in [0.4, 0.5) is 0 Å². The second kappa shape index (κ2) is 9.37. The van der Waals surface area contributed by atoms with E-state index in [1.54, 1.807) is 0 Å². The van der Waals surface area contributed by atoms with E-state index in [0.29, 0.717) is 6.61 Å². The maximum atomic E-state index is 5.98. The fourth-order valence-electron chi connectivity index (χ4n) is 3.15. The molecular formula is C21H27BrN2O. The Kier molecular flexibility index (Phi) is 6.91. The van der Waals surface area contributed by atoms with Crippen molar-refractivity contribution in [1.82, 2.24) is 9.80 Å². The highest BCUT2D eigenvalue weighted by atomic mass is 79.9. The first-order valence-electron chi connectivity index (χ1n) is 9.07. The third kappa shape index (κ3) is 5.84. The maximum Gasteiger partial charge on any atom is 0.120 e. The molecule has 0 aliphatic carbocycles. The summed E-state index contributed by atoms with van der Waals surface area (Å²) in [5.74, 6) is 0.952. The van der Waals surface area contributed by atoms with E-state index < -0.39 is 0 Å². The van der Waals surface area contributed by atoms with Crippen LogP contribution in [0.2, 0.25) is 0 Å². The van der Waals surface area contributed by atoms with Crippen LogP contribution >= 0.6 is 15.9 Å². The van der Waals surface area contributed by atoms with E-state index in [-0.39, 0.29) is 0 Å². The zero-order chi connectivity index (χ0) is 17.5. The molecule has 0 aromatic heterocycles. The highest BCUT2D eigenvalue weighted by molar-refractivity contribution is 9.10. The molecule has 0 atom stereocenters. The van der Waals surface area contributed by atoms with Crippen LogP contribution in [0.1, 0.15) is 17.5 Å². The minimum Gasteiger partial charge on any atom is -0.489 e. The van der Waals surface area contributed by atoms with E-state index in [9.17, 15) is 0 Å². The largest absolute Gasteiger partial charge is 0.489 e. The van der Waals surface area contributed by atoms with Gasteiger partial charge in [-0.05, 0) is 50.2 Å². The number of benzene rings is 2. The molecule has 134 valence electrons. The van der Waals surface area contributed by atoms with Crippen molar-refractivity contribution in [2.45, 2.75) is 19.4 Å². The summed E-state index contributed by atoms with van der Waals surface area (Å²) in [6, 6.07) is 16.7. The molecule has 2 aromatic rings. The lowest BCUT2D eigenvalue weighted by Crippen LogP contribution is -2.44. The molecule has 0 saturated carbocycles. The standard InChI is InChI=1S/C21H27BrN2O/c1-23-12-14-24(15-13-23)11-5-7-18-6-4-9-20(16-18)25-17-19-8-2-3-10-21(19)22/h2-4,6,8-10,16H,5,7,11-15,17H2,1H3. The normalized spacial score (nSPS) is 16.1. The quantitative estimate of drug-likeness (QED) is 0.689. The second-order valence-electron chi connectivity index (χ2n) is 6.78. The van der Waals surface area contributed by atoms with Gasteiger partial charge >= 0.3 is 0 Å². The molecule has 0 N–H and O–H groups in total. The summed E-state index contributed by atoms with van der Waals surface area (Å²) in [7, 11) is 2.21. The van der Waals surface area contributed by atoms with E-state index in [4.69, 9.17) is 4.74 Å². The fraction of sp³-hybridized carbons (Fsp3) is 0.429. The van der Waals surface area contributed by atoms with E-state index in [1.807, 2.05) is 24.3 Å². The van der Waals surface area contributed by atoms with Gasteiger partial charge in [0, 0.05) is 36.2 Å². The average Bonchev–Trinajstić information content (AvgIpc) is 2.63. The van der Waals surface area contributed by atoms with E-state index in [0.717, 1.165) is 16.6 Å². The molecule has 1 heterocycles. The zero-order valence-corrected chi connectivity index (χ0v) is 16.5. The van der Waals surface area contributed by atoms with Crippen LogP contribution in [0, 0.1) is 0 Å².